The molecule has 1 aliphatic rings. The van der Waals surface area contributed by atoms with E-state index in [0.29, 0.717) is 11.2 Å². The van der Waals surface area contributed by atoms with Gasteiger partial charge in [-0.25, -0.2) is 0 Å². The van der Waals surface area contributed by atoms with Gasteiger partial charge in [-0.2, -0.15) is 0 Å². The molecule has 5 heteroatoms. The zero-order valence-electron chi connectivity index (χ0n) is 19.1. The van der Waals surface area contributed by atoms with E-state index in [-0.39, 0.29) is 12.0 Å². The van der Waals surface area contributed by atoms with Crippen LogP contribution >= 0.6 is 11.8 Å². The second-order valence-electron chi connectivity index (χ2n) is 9.47. The number of rotatable bonds is 8. The molecule has 1 aliphatic heterocycles. The van der Waals surface area contributed by atoms with Gasteiger partial charge in [0.1, 0.15) is 6.04 Å². The number of anilines is 2. The number of hydrogen-bond donors (Lipinski definition) is 0. The average Bonchev–Trinajstić information content (AvgIpc) is 2.71. The molecule has 1 heterocycles. The van der Waals surface area contributed by atoms with E-state index < -0.39 is 5.41 Å². The highest BCUT2D eigenvalue weighted by molar-refractivity contribution is 7.99. The number of esters is 1. The first-order chi connectivity index (χ1) is 14.2. The van der Waals surface area contributed by atoms with Crippen LogP contribution in [-0.4, -0.2) is 43.9 Å². The second kappa shape index (κ2) is 9.03. The van der Waals surface area contributed by atoms with Gasteiger partial charge in [-0.05, 0) is 51.5 Å². The number of ether oxygens (including phenoxy) is 1. The first-order valence-electron chi connectivity index (χ1n) is 10.8. The first kappa shape index (κ1) is 22.7. The predicted molar refractivity (Wildman–Crippen MR) is 125 cm³/mol. The fourth-order valence-corrected chi connectivity index (χ4v) is 4.83. The van der Waals surface area contributed by atoms with E-state index >= 15 is 0 Å². The number of carbonyl (C=O) groups excluding carboxylic acids is 1. The number of carbonyl (C=O) groups is 1. The first-order valence-corrected chi connectivity index (χ1v) is 11.6. The van der Waals surface area contributed by atoms with Gasteiger partial charge in [-0.15, -0.1) is 0 Å². The van der Waals surface area contributed by atoms with Crippen molar-refractivity contribution < 1.29 is 14.0 Å². The van der Waals surface area contributed by atoms with Crippen LogP contribution in [0.3, 0.4) is 0 Å². The highest BCUT2D eigenvalue weighted by Gasteiger charge is 2.34. The van der Waals surface area contributed by atoms with E-state index in [4.69, 9.17) is 4.74 Å². The van der Waals surface area contributed by atoms with Crippen LogP contribution in [0.1, 0.15) is 40.5 Å². The summed E-state index contributed by atoms with van der Waals surface area (Å²) in [6.07, 6.45) is 1.82. The molecule has 30 heavy (non-hydrogen) atoms. The monoisotopic (exact) mass is 427 g/mol. The normalized spacial score (nSPS) is 14.7. The van der Waals surface area contributed by atoms with Crippen molar-refractivity contribution >= 4 is 29.1 Å². The van der Waals surface area contributed by atoms with Crippen molar-refractivity contribution in [3.63, 3.8) is 0 Å². The molecule has 1 unspecified atom stereocenters. The number of para-hydroxylation sites is 2. The average molecular weight is 428 g/mol. The lowest BCUT2D eigenvalue weighted by atomic mass is 9.88. The molecule has 162 valence electrons. The van der Waals surface area contributed by atoms with Gasteiger partial charge in [-0.3, -0.25) is 9.28 Å². The Kier molecular flexibility index (Phi) is 6.83. The maximum Gasteiger partial charge on any atom is 0.315 e. The minimum absolute atomic E-state index is 0.104. The number of likely N-dealkylation sites (N-methyl/N-ethyl adjacent to an activating group) is 1. The van der Waals surface area contributed by atoms with Gasteiger partial charge in [0.2, 0.25) is 6.73 Å². The number of fused-ring (bicyclic) bond motifs is 2. The maximum absolute atomic E-state index is 12.6. The quantitative estimate of drug-likeness (QED) is 0.290. The molecular weight excluding hydrogens is 392 g/mol. The Morgan fingerprint density at radius 1 is 1.07 bits per heavy atom. The molecular formula is C25H35N2O2S+. The Hall–Kier alpha value is -1.98. The lowest BCUT2D eigenvalue weighted by molar-refractivity contribution is -0.927. The number of nitrogens with zero attached hydrogens (tertiary/aromatic N) is 2. The van der Waals surface area contributed by atoms with Crippen LogP contribution in [-0.2, 0) is 9.53 Å². The van der Waals surface area contributed by atoms with Crippen molar-refractivity contribution in [2.45, 2.75) is 56.4 Å². The zero-order valence-corrected chi connectivity index (χ0v) is 20.0. The summed E-state index contributed by atoms with van der Waals surface area (Å²) in [5, 5.41) is 0. The van der Waals surface area contributed by atoms with Crippen LogP contribution in [0.15, 0.2) is 58.3 Å². The lowest BCUT2D eigenvalue weighted by Crippen LogP contribution is -2.54. The Morgan fingerprint density at radius 3 is 2.13 bits per heavy atom. The molecule has 0 radical (unpaired) electrons. The van der Waals surface area contributed by atoms with Gasteiger partial charge in [0.15, 0.2) is 0 Å². The van der Waals surface area contributed by atoms with Crippen LogP contribution < -0.4 is 4.90 Å². The topological polar surface area (TPSA) is 29.5 Å². The molecule has 2 aromatic rings. The summed E-state index contributed by atoms with van der Waals surface area (Å²) in [5.41, 5.74) is 2.06. The van der Waals surface area contributed by atoms with Crippen LogP contribution in [0, 0.1) is 5.41 Å². The molecule has 0 N–H and O–H groups in total. The summed E-state index contributed by atoms with van der Waals surface area (Å²) in [5.74, 6) is -0.104. The largest absolute Gasteiger partial charge is 0.415 e. The van der Waals surface area contributed by atoms with Gasteiger partial charge in [0.25, 0.3) is 0 Å². The molecule has 0 bridgehead atoms. The van der Waals surface area contributed by atoms with Gasteiger partial charge in [-0.1, -0.05) is 49.4 Å². The molecule has 1 atom stereocenters. The Labute approximate surface area is 185 Å². The third kappa shape index (κ3) is 4.84. The van der Waals surface area contributed by atoms with E-state index in [9.17, 15) is 4.79 Å². The van der Waals surface area contributed by atoms with E-state index in [1.165, 1.54) is 21.2 Å². The van der Waals surface area contributed by atoms with Crippen molar-refractivity contribution in [2.24, 2.45) is 5.41 Å². The standard InChI is InChI=1S/C25H35N2O2S/c1-7-16-25(3,4)24(28)29-18-27(5,6)19(2)17-26-20-12-8-10-14-22(20)30-23-15-11-9-13-21(23)26/h8-15,19H,7,16-18H2,1-6H3/q+1. The van der Waals surface area contributed by atoms with E-state index in [0.717, 1.165) is 19.4 Å². The van der Waals surface area contributed by atoms with Crippen LogP contribution in [0.4, 0.5) is 11.4 Å². The van der Waals surface area contributed by atoms with E-state index in [1.54, 1.807) is 0 Å². The summed E-state index contributed by atoms with van der Waals surface area (Å²) >= 11 is 1.83. The van der Waals surface area contributed by atoms with Crippen LogP contribution in [0.5, 0.6) is 0 Å². The lowest BCUT2D eigenvalue weighted by Gasteiger charge is -2.40. The summed E-state index contributed by atoms with van der Waals surface area (Å²) < 4.78 is 6.40. The van der Waals surface area contributed by atoms with Crippen molar-refractivity contribution in [3.05, 3.63) is 48.5 Å². The molecule has 0 saturated carbocycles. The second-order valence-corrected chi connectivity index (χ2v) is 10.6. The smallest absolute Gasteiger partial charge is 0.315 e. The fourth-order valence-electron chi connectivity index (χ4n) is 3.74. The Morgan fingerprint density at radius 2 is 1.60 bits per heavy atom. The summed E-state index contributed by atoms with van der Waals surface area (Å²) in [6.45, 7) is 9.50. The number of hydrogen-bond acceptors (Lipinski definition) is 4. The Bertz CT molecular complexity index is 849. The molecule has 3 rings (SSSR count). The van der Waals surface area contributed by atoms with Crippen molar-refractivity contribution in [2.75, 3.05) is 32.3 Å². The maximum atomic E-state index is 12.6. The fraction of sp³-hybridized carbons (Fsp3) is 0.480. The molecule has 0 aromatic heterocycles. The summed E-state index contributed by atoms with van der Waals surface area (Å²) in [4.78, 5) is 17.6. The minimum Gasteiger partial charge on any atom is -0.415 e. The molecule has 2 aromatic carbocycles. The molecule has 0 fully saturated rings. The number of quaternary nitrogens is 1. The number of benzene rings is 2. The highest BCUT2D eigenvalue weighted by Crippen LogP contribution is 2.48. The SMILES string of the molecule is CCCC(C)(C)C(=O)OC[N+](C)(C)C(C)CN1c2ccccc2Sc2ccccc21. The van der Waals surface area contributed by atoms with Crippen molar-refractivity contribution in [3.8, 4) is 0 Å². The van der Waals surface area contributed by atoms with Crippen LogP contribution in [0.2, 0.25) is 0 Å². The minimum atomic E-state index is -0.431. The zero-order chi connectivity index (χ0) is 21.9. The van der Waals surface area contributed by atoms with Crippen LogP contribution in [0.25, 0.3) is 0 Å². The molecule has 0 amide bonds. The van der Waals surface area contributed by atoms with E-state index in [2.05, 4.69) is 81.4 Å². The molecule has 4 nitrogen and oxygen atoms in total. The molecule has 0 aliphatic carbocycles. The molecule has 0 saturated heterocycles. The van der Waals surface area contributed by atoms with Gasteiger partial charge >= 0.3 is 5.97 Å². The molecule has 0 spiro atoms. The van der Waals surface area contributed by atoms with Gasteiger partial charge < -0.3 is 9.64 Å². The summed E-state index contributed by atoms with van der Waals surface area (Å²) in [7, 11) is 4.28. The highest BCUT2D eigenvalue weighted by atomic mass is 32.2. The van der Waals surface area contributed by atoms with Gasteiger partial charge in [0.05, 0.1) is 37.4 Å². The van der Waals surface area contributed by atoms with Crippen molar-refractivity contribution in [1.29, 1.82) is 0 Å². The predicted octanol–water partition coefficient (Wildman–Crippen LogP) is 6.08. The Balaban J connectivity index is 1.75. The third-order valence-corrected chi connectivity index (χ3v) is 7.26. The summed E-state index contributed by atoms with van der Waals surface area (Å²) in [6, 6.07) is 17.4. The van der Waals surface area contributed by atoms with Crippen molar-refractivity contribution in [1.82, 2.24) is 0 Å². The van der Waals surface area contributed by atoms with Gasteiger partial charge in [0, 0.05) is 9.79 Å². The third-order valence-electron chi connectivity index (χ3n) is 6.13. The van der Waals surface area contributed by atoms with E-state index in [1.807, 2.05) is 25.6 Å².